The predicted molar refractivity (Wildman–Crippen MR) is 74.3 cm³/mol. The summed E-state index contributed by atoms with van der Waals surface area (Å²) in [4.78, 5) is 0. The van der Waals surface area contributed by atoms with Crippen LogP contribution in [0, 0.1) is 19.8 Å². The molecule has 1 aliphatic heterocycles. The zero-order valence-electron chi connectivity index (χ0n) is 10.7. The summed E-state index contributed by atoms with van der Waals surface area (Å²) in [5.41, 5.74) is 2.57. The van der Waals surface area contributed by atoms with Crippen LogP contribution in [0.25, 0.3) is 0 Å². The predicted octanol–water partition coefficient (Wildman–Crippen LogP) is 3.10. The van der Waals surface area contributed by atoms with Gasteiger partial charge in [-0.05, 0) is 50.4 Å². The van der Waals surface area contributed by atoms with Crippen molar-refractivity contribution < 1.29 is 4.74 Å². The normalized spacial score (nSPS) is 19.5. The highest BCUT2D eigenvalue weighted by molar-refractivity contribution is 5.85. The molecule has 3 heteroatoms. The second-order valence-corrected chi connectivity index (χ2v) is 4.72. The van der Waals surface area contributed by atoms with Gasteiger partial charge in [0.2, 0.25) is 0 Å². The Kier molecular flexibility index (Phi) is 5.79. The van der Waals surface area contributed by atoms with Gasteiger partial charge in [0.1, 0.15) is 5.75 Å². The van der Waals surface area contributed by atoms with E-state index in [4.69, 9.17) is 4.74 Å². The van der Waals surface area contributed by atoms with Crippen molar-refractivity contribution in [3.8, 4) is 5.75 Å². The van der Waals surface area contributed by atoms with E-state index in [1.165, 1.54) is 30.5 Å². The van der Waals surface area contributed by atoms with Gasteiger partial charge >= 0.3 is 0 Å². The summed E-state index contributed by atoms with van der Waals surface area (Å²) in [6.45, 7) is 7.37. The summed E-state index contributed by atoms with van der Waals surface area (Å²) in [6, 6.07) is 6.26. The van der Waals surface area contributed by atoms with E-state index in [-0.39, 0.29) is 12.4 Å². The highest BCUT2D eigenvalue weighted by Crippen LogP contribution is 2.22. The Morgan fingerprint density at radius 3 is 2.88 bits per heavy atom. The quantitative estimate of drug-likeness (QED) is 0.896. The monoisotopic (exact) mass is 255 g/mol. The maximum absolute atomic E-state index is 5.92. The minimum absolute atomic E-state index is 0. The summed E-state index contributed by atoms with van der Waals surface area (Å²) in [5.74, 6) is 1.72. The molecule has 0 amide bonds. The molecule has 0 spiro atoms. The van der Waals surface area contributed by atoms with Crippen molar-refractivity contribution in [1.82, 2.24) is 5.32 Å². The summed E-state index contributed by atoms with van der Waals surface area (Å²) < 4.78 is 5.92. The third kappa shape index (κ3) is 3.90. The highest BCUT2D eigenvalue weighted by Gasteiger charge is 2.14. The molecule has 1 unspecified atom stereocenters. The van der Waals surface area contributed by atoms with Crippen LogP contribution in [0.3, 0.4) is 0 Å². The zero-order chi connectivity index (χ0) is 11.4. The van der Waals surface area contributed by atoms with E-state index in [2.05, 4.69) is 37.4 Å². The van der Waals surface area contributed by atoms with E-state index >= 15 is 0 Å². The van der Waals surface area contributed by atoms with Crippen molar-refractivity contribution >= 4 is 12.4 Å². The Balaban J connectivity index is 0.00000144. The number of hydrogen-bond acceptors (Lipinski definition) is 2. The van der Waals surface area contributed by atoms with Crippen LogP contribution in [0.1, 0.15) is 24.0 Å². The van der Waals surface area contributed by atoms with Crippen LogP contribution in [-0.4, -0.2) is 19.7 Å². The lowest BCUT2D eigenvalue weighted by Gasteiger charge is -2.23. The van der Waals surface area contributed by atoms with Gasteiger partial charge < -0.3 is 10.1 Å². The third-order valence-corrected chi connectivity index (χ3v) is 3.43. The minimum atomic E-state index is 0. The van der Waals surface area contributed by atoms with Crippen molar-refractivity contribution in [2.45, 2.75) is 26.7 Å². The van der Waals surface area contributed by atoms with E-state index in [0.29, 0.717) is 5.92 Å². The van der Waals surface area contributed by atoms with Crippen LogP contribution in [0.15, 0.2) is 18.2 Å². The molecule has 96 valence electrons. The second kappa shape index (κ2) is 6.87. The van der Waals surface area contributed by atoms with Crippen LogP contribution in [0.4, 0.5) is 0 Å². The highest BCUT2D eigenvalue weighted by atomic mass is 35.5. The smallest absolute Gasteiger partial charge is 0.122 e. The fraction of sp³-hybridized carbons (Fsp3) is 0.571. The van der Waals surface area contributed by atoms with Crippen molar-refractivity contribution in [3.63, 3.8) is 0 Å². The van der Waals surface area contributed by atoms with Gasteiger partial charge in [0.25, 0.3) is 0 Å². The van der Waals surface area contributed by atoms with E-state index in [9.17, 15) is 0 Å². The Bertz CT molecular complexity index is 348. The number of halogens is 1. The van der Waals surface area contributed by atoms with Crippen molar-refractivity contribution in [2.75, 3.05) is 19.7 Å². The number of benzene rings is 1. The van der Waals surface area contributed by atoms with Gasteiger partial charge in [0.05, 0.1) is 6.61 Å². The third-order valence-electron chi connectivity index (χ3n) is 3.43. The largest absolute Gasteiger partial charge is 0.493 e. The average molecular weight is 256 g/mol. The number of ether oxygens (including phenoxy) is 1. The summed E-state index contributed by atoms with van der Waals surface area (Å²) in [6.07, 6.45) is 2.57. The fourth-order valence-electron chi connectivity index (χ4n) is 2.15. The van der Waals surface area contributed by atoms with E-state index in [0.717, 1.165) is 18.9 Å². The lowest BCUT2D eigenvalue weighted by Crippen LogP contribution is -2.33. The molecule has 2 nitrogen and oxygen atoms in total. The molecular weight excluding hydrogens is 234 g/mol. The average Bonchev–Trinajstić information content (AvgIpc) is 2.32. The molecule has 0 radical (unpaired) electrons. The molecule has 17 heavy (non-hydrogen) atoms. The molecule has 2 rings (SSSR count). The SMILES string of the molecule is Cc1cccc(OCC2CCCNC2)c1C.Cl. The topological polar surface area (TPSA) is 21.3 Å². The van der Waals surface area contributed by atoms with E-state index < -0.39 is 0 Å². The molecule has 0 aromatic heterocycles. The minimum Gasteiger partial charge on any atom is -0.493 e. The molecule has 1 aromatic rings. The van der Waals surface area contributed by atoms with E-state index in [1.54, 1.807) is 0 Å². The molecule has 1 saturated heterocycles. The van der Waals surface area contributed by atoms with Crippen LogP contribution in [0.5, 0.6) is 5.75 Å². The Hall–Kier alpha value is -0.730. The molecule has 1 fully saturated rings. The standard InChI is InChI=1S/C14H21NO.ClH/c1-11-5-3-7-14(12(11)2)16-10-13-6-4-8-15-9-13;/h3,5,7,13,15H,4,6,8-10H2,1-2H3;1H. The maximum Gasteiger partial charge on any atom is 0.122 e. The van der Waals surface area contributed by atoms with Crippen LogP contribution < -0.4 is 10.1 Å². The maximum atomic E-state index is 5.92. The van der Waals surface area contributed by atoms with Crippen LogP contribution >= 0.6 is 12.4 Å². The summed E-state index contributed by atoms with van der Waals surface area (Å²) in [7, 11) is 0. The first-order valence-corrected chi connectivity index (χ1v) is 6.17. The van der Waals surface area contributed by atoms with Gasteiger partial charge in [-0.2, -0.15) is 0 Å². The molecule has 1 aromatic carbocycles. The molecular formula is C14H22ClNO. The second-order valence-electron chi connectivity index (χ2n) is 4.72. The number of hydrogen-bond donors (Lipinski definition) is 1. The van der Waals surface area contributed by atoms with Crippen LogP contribution in [-0.2, 0) is 0 Å². The first kappa shape index (κ1) is 14.3. The van der Waals surface area contributed by atoms with Gasteiger partial charge in [-0.15, -0.1) is 12.4 Å². The first-order valence-electron chi connectivity index (χ1n) is 6.17. The van der Waals surface area contributed by atoms with E-state index in [1.807, 2.05) is 0 Å². The Morgan fingerprint density at radius 2 is 2.18 bits per heavy atom. The van der Waals surface area contributed by atoms with Gasteiger partial charge in [-0.1, -0.05) is 12.1 Å². The lowest BCUT2D eigenvalue weighted by atomic mass is 10.0. The number of nitrogens with one attached hydrogen (secondary N) is 1. The number of aryl methyl sites for hydroxylation is 1. The number of piperidine rings is 1. The van der Waals surface area contributed by atoms with Gasteiger partial charge in [0.15, 0.2) is 0 Å². The van der Waals surface area contributed by atoms with Crippen molar-refractivity contribution in [1.29, 1.82) is 0 Å². The molecule has 0 bridgehead atoms. The molecule has 0 saturated carbocycles. The van der Waals surface area contributed by atoms with Gasteiger partial charge in [-0.3, -0.25) is 0 Å². The fourth-order valence-corrected chi connectivity index (χ4v) is 2.15. The Labute approximate surface area is 110 Å². The molecule has 1 aliphatic rings. The summed E-state index contributed by atoms with van der Waals surface area (Å²) >= 11 is 0. The zero-order valence-corrected chi connectivity index (χ0v) is 11.5. The summed E-state index contributed by atoms with van der Waals surface area (Å²) in [5, 5.41) is 3.42. The molecule has 0 aliphatic carbocycles. The Morgan fingerprint density at radius 1 is 1.35 bits per heavy atom. The number of rotatable bonds is 3. The lowest BCUT2D eigenvalue weighted by molar-refractivity contribution is 0.217. The molecule has 1 N–H and O–H groups in total. The van der Waals surface area contributed by atoms with Crippen molar-refractivity contribution in [2.24, 2.45) is 5.92 Å². The van der Waals surface area contributed by atoms with Crippen LogP contribution in [0.2, 0.25) is 0 Å². The van der Waals surface area contributed by atoms with Gasteiger partial charge in [-0.25, -0.2) is 0 Å². The van der Waals surface area contributed by atoms with Gasteiger partial charge in [0, 0.05) is 12.5 Å². The molecule has 1 heterocycles. The first-order chi connectivity index (χ1) is 7.77. The van der Waals surface area contributed by atoms with Crippen molar-refractivity contribution in [3.05, 3.63) is 29.3 Å². The molecule has 1 atom stereocenters.